The van der Waals surface area contributed by atoms with Gasteiger partial charge in [-0.3, -0.25) is 0 Å². The molecule has 3 aromatic rings. The quantitative estimate of drug-likeness (QED) is 0.537. The number of rotatable bonds is 7. The van der Waals surface area contributed by atoms with Gasteiger partial charge in [-0.2, -0.15) is 5.10 Å². The van der Waals surface area contributed by atoms with E-state index in [0.29, 0.717) is 42.5 Å². The Hall–Kier alpha value is -3.24. The molecule has 2 saturated heterocycles. The van der Waals surface area contributed by atoms with Crippen LogP contribution in [0.4, 0.5) is 10.2 Å². The van der Waals surface area contributed by atoms with Crippen molar-refractivity contribution < 1.29 is 28.5 Å². The Kier molecular flexibility index (Phi) is 6.10. The van der Waals surface area contributed by atoms with Crippen LogP contribution >= 0.6 is 0 Å². The molecular weight excluding hydrogens is 455 g/mol. The summed E-state index contributed by atoms with van der Waals surface area (Å²) < 4.78 is 33.4. The predicted octanol–water partition coefficient (Wildman–Crippen LogP) is 4.00. The van der Waals surface area contributed by atoms with Gasteiger partial charge in [-0.25, -0.2) is 18.7 Å². The number of carboxylic acids is 1. The van der Waals surface area contributed by atoms with Crippen LogP contribution in [0.1, 0.15) is 61.3 Å². The van der Waals surface area contributed by atoms with E-state index in [1.807, 2.05) is 26.8 Å². The van der Waals surface area contributed by atoms with Crippen LogP contribution in [0, 0.1) is 5.82 Å². The van der Waals surface area contributed by atoms with Gasteiger partial charge in [0.1, 0.15) is 35.7 Å². The van der Waals surface area contributed by atoms with E-state index in [9.17, 15) is 14.3 Å². The lowest BCUT2D eigenvalue weighted by Crippen LogP contribution is -2.26. The zero-order valence-electron chi connectivity index (χ0n) is 20.0. The van der Waals surface area contributed by atoms with E-state index in [4.69, 9.17) is 14.2 Å². The third-order valence-electron chi connectivity index (χ3n) is 6.46. The molecule has 4 heterocycles. The Morgan fingerprint density at radius 3 is 2.89 bits per heavy atom. The maximum atomic E-state index is 14.4. The highest BCUT2D eigenvalue weighted by atomic mass is 19.1. The van der Waals surface area contributed by atoms with Gasteiger partial charge in [-0.1, -0.05) is 6.92 Å². The fraction of sp³-hybridized carbons (Fsp3) is 0.480. The van der Waals surface area contributed by atoms with Crippen molar-refractivity contribution in [1.82, 2.24) is 14.6 Å². The minimum atomic E-state index is -1.05. The first-order valence-corrected chi connectivity index (χ1v) is 11.9. The first-order chi connectivity index (χ1) is 16.8. The number of ether oxygens (including phenoxy) is 3. The largest absolute Gasteiger partial charge is 0.490 e. The summed E-state index contributed by atoms with van der Waals surface area (Å²) in [6.07, 6.45) is 3.67. The Labute approximate surface area is 202 Å². The van der Waals surface area contributed by atoms with Crippen LogP contribution in [0.5, 0.6) is 5.75 Å². The SMILES string of the molecule is CCc1nn2ccc(N3CCC[C@@H]3c3cc(F)ccc3OCC3COC(C)(C)O3)nc2c1C(=O)O. The third kappa shape index (κ3) is 4.55. The summed E-state index contributed by atoms with van der Waals surface area (Å²) in [6.45, 7) is 7.00. The Morgan fingerprint density at radius 1 is 1.34 bits per heavy atom. The smallest absolute Gasteiger partial charge is 0.341 e. The Balaban J connectivity index is 1.45. The molecule has 2 aliphatic heterocycles. The van der Waals surface area contributed by atoms with Crippen molar-refractivity contribution in [3.05, 3.63) is 53.1 Å². The molecule has 0 amide bonds. The molecule has 9 nitrogen and oxygen atoms in total. The lowest BCUT2D eigenvalue weighted by Gasteiger charge is -2.28. The van der Waals surface area contributed by atoms with E-state index in [0.717, 1.165) is 18.4 Å². The van der Waals surface area contributed by atoms with E-state index in [2.05, 4.69) is 15.0 Å². The first kappa shape index (κ1) is 23.5. The summed E-state index contributed by atoms with van der Waals surface area (Å²) >= 11 is 0. The number of aromatic nitrogens is 3. The fourth-order valence-electron chi connectivity index (χ4n) is 4.89. The predicted molar refractivity (Wildman–Crippen MR) is 125 cm³/mol. The highest BCUT2D eigenvalue weighted by Crippen LogP contribution is 2.40. The number of hydrogen-bond acceptors (Lipinski definition) is 7. The van der Waals surface area contributed by atoms with E-state index in [-0.39, 0.29) is 30.1 Å². The van der Waals surface area contributed by atoms with Gasteiger partial charge >= 0.3 is 5.97 Å². The average Bonchev–Trinajstić information content (AvgIpc) is 3.53. The molecule has 2 fully saturated rings. The zero-order chi connectivity index (χ0) is 24.7. The Bertz CT molecular complexity index is 1260. The first-order valence-electron chi connectivity index (χ1n) is 11.9. The van der Waals surface area contributed by atoms with E-state index >= 15 is 0 Å². The molecule has 10 heteroatoms. The van der Waals surface area contributed by atoms with Gasteiger partial charge in [0.05, 0.1) is 18.3 Å². The number of halogens is 1. The lowest BCUT2D eigenvalue weighted by atomic mass is 10.0. The molecule has 2 aromatic heterocycles. The summed E-state index contributed by atoms with van der Waals surface area (Å²) in [6, 6.07) is 6.18. The minimum absolute atomic E-state index is 0.113. The van der Waals surface area contributed by atoms with Crippen LogP contribution in [0.3, 0.4) is 0 Å². The van der Waals surface area contributed by atoms with Crippen molar-refractivity contribution in [2.24, 2.45) is 0 Å². The molecule has 0 aliphatic carbocycles. The summed E-state index contributed by atoms with van der Waals surface area (Å²) in [4.78, 5) is 18.6. The standard InChI is InChI=1S/C25H29FN4O5/c1-4-18-22(24(31)32)23-27-21(9-11-30(23)28-18)29-10-5-6-19(29)17-12-15(26)7-8-20(17)33-13-16-14-34-25(2,3)35-16/h7-9,11-12,16,19H,4-6,10,13-14H2,1-3H3,(H,31,32)/t16?,19-/m1/s1. The van der Waals surface area contributed by atoms with Gasteiger partial charge < -0.3 is 24.2 Å². The monoisotopic (exact) mass is 484 g/mol. The zero-order valence-corrected chi connectivity index (χ0v) is 20.0. The Morgan fingerprint density at radius 2 is 2.17 bits per heavy atom. The lowest BCUT2D eigenvalue weighted by molar-refractivity contribution is -0.141. The molecule has 0 radical (unpaired) electrons. The van der Waals surface area contributed by atoms with Crippen LogP contribution in [0.25, 0.3) is 5.65 Å². The molecule has 5 rings (SSSR count). The average molecular weight is 485 g/mol. The van der Waals surface area contributed by atoms with Crippen LogP contribution in [-0.4, -0.2) is 57.3 Å². The topological polar surface area (TPSA) is 98.4 Å². The van der Waals surface area contributed by atoms with Gasteiger partial charge in [-0.05, 0) is 57.4 Å². The fourth-order valence-corrected chi connectivity index (χ4v) is 4.89. The van der Waals surface area contributed by atoms with Crippen molar-refractivity contribution in [1.29, 1.82) is 0 Å². The highest BCUT2D eigenvalue weighted by molar-refractivity contribution is 5.96. The number of fused-ring (bicyclic) bond motifs is 1. The second-order valence-corrected chi connectivity index (χ2v) is 9.33. The van der Waals surface area contributed by atoms with Crippen LogP contribution in [0.15, 0.2) is 30.5 Å². The molecule has 0 saturated carbocycles. The number of anilines is 1. The summed E-state index contributed by atoms with van der Waals surface area (Å²) in [5, 5.41) is 14.1. The maximum Gasteiger partial charge on any atom is 0.341 e. The summed E-state index contributed by atoms with van der Waals surface area (Å²) in [5.74, 6) is -0.842. The molecule has 2 aliphatic rings. The van der Waals surface area contributed by atoms with Crippen molar-refractivity contribution in [3.63, 3.8) is 0 Å². The van der Waals surface area contributed by atoms with Crippen molar-refractivity contribution >= 4 is 17.4 Å². The number of aryl methyl sites for hydroxylation is 1. The normalized spacial score (nSPS) is 21.7. The number of aromatic carboxylic acids is 1. The molecule has 35 heavy (non-hydrogen) atoms. The van der Waals surface area contributed by atoms with Crippen LogP contribution in [0.2, 0.25) is 0 Å². The number of nitrogens with zero attached hydrogens (tertiary/aromatic N) is 4. The van der Waals surface area contributed by atoms with Gasteiger partial charge in [0.15, 0.2) is 11.4 Å². The molecule has 1 unspecified atom stereocenters. The number of carboxylic acid groups (broad SMARTS) is 1. The molecule has 1 N–H and O–H groups in total. The van der Waals surface area contributed by atoms with Gasteiger partial charge in [-0.15, -0.1) is 0 Å². The molecule has 2 atom stereocenters. The van der Waals surface area contributed by atoms with E-state index in [1.165, 1.54) is 16.6 Å². The molecule has 0 spiro atoms. The van der Waals surface area contributed by atoms with Crippen LogP contribution < -0.4 is 9.64 Å². The van der Waals surface area contributed by atoms with Crippen LogP contribution in [-0.2, 0) is 15.9 Å². The van der Waals surface area contributed by atoms with Gasteiger partial charge in [0.2, 0.25) is 0 Å². The molecule has 0 bridgehead atoms. The van der Waals surface area contributed by atoms with Gasteiger partial charge in [0.25, 0.3) is 0 Å². The molecular formula is C25H29FN4O5. The summed E-state index contributed by atoms with van der Waals surface area (Å²) in [5.41, 5.74) is 1.63. The second kappa shape index (κ2) is 9.09. The maximum absolute atomic E-state index is 14.4. The third-order valence-corrected chi connectivity index (χ3v) is 6.46. The number of hydrogen-bond donors (Lipinski definition) is 1. The number of carbonyl (C=O) groups is 1. The van der Waals surface area contributed by atoms with Crippen molar-refractivity contribution in [3.8, 4) is 5.75 Å². The molecule has 186 valence electrons. The highest BCUT2D eigenvalue weighted by Gasteiger charge is 2.34. The minimum Gasteiger partial charge on any atom is -0.490 e. The summed E-state index contributed by atoms with van der Waals surface area (Å²) in [7, 11) is 0. The second-order valence-electron chi connectivity index (χ2n) is 9.33. The van der Waals surface area contributed by atoms with E-state index < -0.39 is 11.8 Å². The van der Waals surface area contributed by atoms with Crippen molar-refractivity contribution in [2.75, 3.05) is 24.7 Å². The van der Waals surface area contributed by atoms with Gasteiger partial charge in [0, 0.05) is 18.3 Å². The molecule has 1 aromatic carbocycles. The van der Waals surface area contributed by atoms with Crippen molar-refractivity contribution in [2.45, 2.75) is 58.0 Å². The van der Waals surface area contributed by atoms with E-state index in [1.54, 1.807) is 12.3 Å². The number of benzene rings is 1.